The summed E-state index contributed by atoms with van der Waals surface area (Å²) in [5.74, 6) is 0. The zero-order valence-corrected chi connectivity index (χ0v) is 20.6. The van der Waals surface area contributed by atoms with Gasteiger partial charge in [0.05, 0.1) is 22.2 Å². The fourth-order valence-corrected chi connectivity index (χ4v) is 5.57. The van der Waals surface area contributed by atoms with Crippen molar-refractivity contribution in [2.75, 3.05) is 6.61 Å². The largest absolute Gasteiger partial charge is 0.361 e. The Morgan fingerprint density at radius 2 is 1.82 bits per heavy atom. The molecule has 6 nitrogen and oxygen atoms in total. The average molecular weight is 462 g/mol. The average Bonchev–Trinajstić information content (AvgIpc) is 3.20. The summed E-state index contributed by atoms with van der Waals surface area (Å²) in [7, 11) is -1.14. The molecule has 7 heteroatoms. The number of rotatable bonds is 6. The van der Waals surface area contributed by atoms with Gasteiger partial charge in [0.25, 0.3) is 0 Å². The first-order chi connectivity index (χ1) is 15.8. The minimum atomic E-state index is -1.14. The van der Waals surface area contributed by atoms with E-state index >= 15 is 0 Å². The highest BCUT2D eigenvalue weighted by Crippen LogP contribution is 2.30. The zero-order valence-electron chi connectivity index (χ0n) is 19.6. The molecular formula is C26H31N3O3Si. The maximum atomic E-state index is 13.1. The second-order valence-corrected chi connectivity index (χ2v) is 15.9. The zero-order chi connectivity index (χ0) is 23.2. The van der Waals surface area contributed by atoms with Crippen LogP contribution in [0.3, 0.4) is 0 Å². The first-order valence-electron chi connectivity index (χ1n) is 11.8. The number of nitrogens with one attached hydrogen (secondary N) is 1. The molecule has 5 rings (SSSR count). The molecule has 1 aliphatic rings. The second kappa shape index (κ2) is 8.46. The van der Waals surface area contributed by atoms with E-state index in [-0.39, 0.29) is 0 Å². The van der Waals surface area contributed by atoms with Crippen LogP contribution in [0.5, 0.6) is 0 Å². The van der Waals surface area contributed by atoms with Gasteiger partial charge in [0.2, 0.25) is 0 Å². The van der Waals surface area contributed by atoms with E-state index < -0.39 is 19.2 Å². The van der Waals surface area contributed by atoms with Crippen molar-refractivity contribution < 1.29 is 4.74 Å². The Hall–Kier alpha value is -2.90. The first-order valence-corrected chi connectivity index (χ1v) is 15.5. The Kier molecular flexibility index (Phi) is 5.62. The molecule has 0 fully saturated rings. The number of fused-ring (bicyclic) bond motifs is 4. The van der Waals surface area contributed by atoms with E-state index in [1.54, 1.807) is 4.57 Å². The molecule has 2 aromatic carbocycles. The topological polar surface area (TPSA) is 69.0 Å². The molecule has 0 atom stereocenters. The van der Waals surface area contributed by atoms with E-state index in [4.69, 9.17) is 4.74 Å². The van der Waals surface area contributed by atoms with Gasteiger partial charge in [0.15, 0.2) is 0 Å². The lowest BCUT2D eigenvalue weighted by Gasteiger charge is -2.19. The number of nitrogens with zero attached hydrogens (tertiary/aromatic N) is 2. The monoisotopic (exact) mass is 461 g/mol. The normalized spacial score (nSPS) is 14.2. The Bertz CT molecular complexity index is 1460. The number of H-pyrrole nitrogens is 1. The summed E-state index contributed by atoms with van der Waals surface area (Å²) in [5.41, 5.74) is 4.58. The summed E-state index contributed by atoms with van der Waals surface area (Å²) >= 11 is 0. The third-order valence-electron chi connectivity index (χ3n) is 6.65. The quantitative estimate of drug-likeness (QED) is 0.254. The molecule has 0 saturated carbocycles. The molecule has 2 heterocycles. The summed E-state index contributed by atoms with van der Waals surface area (Å²) in [6, 6.07) is 13.1. The van der Waals surface area contributed by atoms with Crippen molar-refractivity contribution in [2.24, 2.45) is 0 Å². The summed E-state index contributed by atoms with van der Waals surface area (Å²) in [6.45, 7) is 8.24. The van der Waals surface area contributed by atoms with Crippen molar-refractivity contribution in [3.63, 3.8) is 0 Å². The van der Waals surface area contributed by atoms with Gasteiger partial charge in [-0.2, -0.15) is 0 Å². The lowest BCUT2D eigenvalue weighted by molar-refractivity contribution is 0.0902. The molecule has 1 N–H and O–H groups in total. The minimum absolute atomic E-state index is 0.468. The van der Waals surface area contributed by atoms with Crippen molar-refractivity contribution in [3.05, 3.63) is 74.4 Å². The van der Waals surface area contributed by atoms with E-state index in [1.165, 1.54) is 11.1 Å². The molecule has 0 aliphatic heterocycles. The van der Waals surface area contributed by atoms with Gasteiger partial charge in [-0.1, -0.05) is 31.8 Å². The molecule has 1 aliphatic carbocycles. The van der Waals surface area contributed by atoms with Crippen LogP contribution >= 0.6 is 0 Å². The van der Waals surface area contributed by atoms with Gasteiger partial charge < -0.3 is 14.3 Å². The summed E-state index contributed by atoms with van der Waals surface area (Å²) in [4.78, 5) is 28.7. The van der Waals surface area contributed by atoms with Gasteiger partial charge in [-0.05, 0) is 67.1 Å². The van der Waals surface area contributed by atoms with Gasteiger partial charge in [-0.15, -0.1) is 0 Å². The van der Waals surface area contributed by atoms with Crippen LogP contribution in [0.2, 0.25) is 25.7 Å². The molecule has 0 radical (unpaired) electrons. The molecule has 172 valence electrons. The van der Waals surface area contributed by atoms with Gasteiger partial charge in [0.1, 0.15) is 6.73 Å². The van der Waals surface area contributed by atoms with Gasteiger partial charge in [-0.3, -0.25) is 14.2 Å². The third-order valence-corrected chi connectivity index (χ3v) is 8.35. The van der Waals surface area contributed by atoms with Crippen LogP contribution in [0.4, 0.5) is 0 Å². The Balaban J connectivity index is 1.61. The number of hydrogen-bond acceptors (Lipinski definition) is 3. The smallest absolute Gasteiger partial charge is 0.321 e. The number of benzene rings is 2. The van der Waals surface area contributed by atoms with E-state index in [1.807, 2.05) is 36.5 Å². The Labute approximate surface area is 193 Å². The van der Waals surface area contributed by atoms with Crippen molar-refractivity contribution in [1.82, 2.24) is 14.1 Å². The Morgan fingerprint density at radius 1 is 1.00 bits per heavy atom. The maximum Gasteiger partial charge on any atom is 0.321 e. The third kappa shape index (κ3) is 4.11. The lowest BCUT2D eigenvalue weighted by Crippen LogP contribution is -2.36. The minimum Gasteiger partial charge on any atom is -0.361 e. The number of aromatic nitrogens is 3. The lowest BCUT2D eigenvalue weighted by atomic mass is 9.90. The molecule has 4 aromatic rings. The van der Waals surface area contributed by atoms with Crippen molar-refractivity contribution >= 4 is 30.0 Å². The fourth-order valence-electron chi connectivity index (χ4n) is 4.81. The number of hydrogen-bond donors (Lipinski definition) is 1. The molecule has 33 heavy (non-hydrogen) atoms. The summed E-state index contributed by atoms with van der Waals surface area (Å²) < 4.78 is 9.60. The standard InChI is InChI=1S/C26H31N3O3Si/c1-33(2,3)16-15-32-17-28-14-13-20-21(28)9-6-10-22(20)29-23-12-11-18-7-4-5-8-19(18)24(23)27-25(30)26(29)31/h6,9-14H,4-5,7-8,15-17H2,1-3H3,(H,27,30). The van der Waals surface area contributed by atoms with E-state index in [0.717, 1.165) is 66.0 Å². The summed E-state index contributed by atoms with van der Waals surface area (Å²) in [5, 5.41) is 0.929. The molecular weight excluding hydrogens is 430 g/mol. The molecule has 0 bridgehead atoms. The van der Waals surface area contributed by atoms with Crippen molar-refractivity contribution in [3.8, 4) is 5.69 Å². The highest BCUT2D eigenvalue weighted by Gasteiger charge is 2.19. The SMILES string of the molecule is C[Si](C)(C)CCOCn1ccc2c(-n3c(=O)c(=O)[nH]c4c5c(ccc43)CCCC5)cccc21. The van der Waals surface area contributed by atoms with Crippen LogP contribution in [0, 0.1) is 0 Å². The number of ether oxygens (including phenoxy) is 1. The molecule has 0 amide bonds. The second-order valence-electron chi connectivity index (χ2n) is 10.2. The van der Waals surface area contributed by atoms with E-state index in [2.05, 4.69) is 35.3 Å². The van der Waals surface area contributed by atoms with E-state index in [9.17, 15) is 9.59 Å². The van der Waals surface area contributed by atoms with Crippen LogP contribution in [-0.4, -0.2) is 28.8 Å². The Morgan fingerprint density at radius 3 is 2.64 bits per heavy atom. The van der Waals surface area contributed by atoms with Crippen LogP contribution < -0.4 is 11.1 Å². The van der Waals surface area contributed by atoms with Crippen LogP contribution in [-0.2, 0) is 24.3 Å². The molecule has 0 spiro atoms. The number of aromatic amines is 1. The highest BCUT2D eigenvalue weighted by molar-refractivity contribution is 6.76. The van der Waals surface area contributed by atoms with E-state index in [0.29, 0.717) is 6.73 Å². The van der Waals surface area contributed by atoms with Crippen LogP contribution in [0.15, 0.2) is 52.2 Å². The van der Waals surface area contributed by atoms with Crippen LogP contribution in [0.25, 0.3) is 27.6 Å². The highest BCUT2D eigenvalue weighted by atomic mass is 28.3. The van der Waals surface area contributed by atoms with Crippen LogP contribution in [0.1, 0.15) is 24.0 Å². The summed E-state index contributed by atoms with van der Waals surface area (Å²) in [6.07, 6.45) is 6.20. The molecule has 0 saturated heterocycles. The predicted molar refractivity (Wildman–Crippen MR) is 136 cm³/mol. The van der Waals surface area contributed by atoms with Gasteiger partial charge >= 0.3 is 11.1 Å². The number of aryl methyl sites for hydroxylation is 2. The first kappa shape index (κ1) is 21.9. The van der Waals surface area contributed by atoms with Crippen molar-refractivity contribution in [2.45, 2.75) is 58.1 Å². The van der Waals surface area contributed by atoms with Gasteiger partial charge in [-0.25, -0.2) is 0 Å². The fraction of sp³-hybridized carbons (Fsp3) is 0.385. The van der Waals surface area contributed by atoms with Gasteiger partial charge in [0, 0.05) is 26.3 Å². The maximum absolute atomic E-state index is 13.1. The van der Waals surface area contributed by atoms with Crippen molar-refractivity contribution in [1.29, 1.82) is 0 Å². The molecule has 0 unspecified atom stereocenters. The molecule has 2 aromatic heterocycles. The predicted octanol–water partition coefficient (Wildman–Crippen LogP) is 4.82.